The van der Waals surface area contributed by atoms with E-state index in [0.717, 1.165) is 5.56 Å². The molecule has 0 aromatic carbocycles. The molecule has 36 heavy (non-hydrogen) atoms. The fourth-order valence-electron chi connectivity index (χ4n) is 3.65. The van der Waals surface area contributed by atoms with E-state index in [2.05, 4.69) is 25.5 Å². The van der Waals surface area contributed by atoms with Crippen molar-refractivity contribution in [3.05, 3.63) is 54.1 Å². The van der Waals surface area contributed by atoms with Crippen LogP contribution in [0.3, 0.4) is 0 Å². The van der Waals surface area contributed by atoms with Gasteiger partial charge in [-0.05, 0) is 30.4 Å². The highest BCUT2D eigenvalue weighted by Gasteiger charge is 2.39. The number of hydrogen-bond acceptors (Lipinski definition) is 7. The molecular formula is C21H16B5N7O2S. The fraction of sp³-hybridized carbons (Fsp3) is 0.286. The van der Waals surface area contributed by atoms with Gasteiger partial charge in [0.1, 0.15) is 16.4 Å². The van der Waals surface area contributed by atoms with E-state index in [9.17, 15) is 4.79 Å². The number of aromatic nitrogens is 6. The molecule has 10 radical (unpaired) electrons. The van der Waals surface area contributed by atoms with Crippen LogP contribution in [0.25, 0.3) is 22.0 Å². The number of rotatable bonds is 8. The van der Waals surface area contributed by atoms with Crippen molar-refractivity contribution in [3.63, 3.8) is 0 Å². The highest BCUT2D eigenvalue weighted by molar-refractivity contribution is 7.13. The number of nitrogens with zero attached hydrogens (tertiary/aromatic N) is 5. The molecule has 0 spiro atoms. The summed E-state index contributed by atoms with van der Waals surface area (Å²) in [6.45, 7) is 0. The van der Waals surface area contributed by atoms with Crippen LogP contribution in [0.1, 0.15) is 29.4 Å². The second-order valence-electron chi connectivity index (χ2n) is 8.66. The second kappa shape index (κ2) is 9.44. The first kappa shape index (κ1) is 24.6. The molecule has 1 fully saturated rings. The monoisotopic (exact) mass is 485 g/mol. The van der Waals surface area contributed by atoms with Crippen LogP contribution in [0, 0.1) is 0 Å². The lowest BCUT2D eigenvalue weighted by molar-refractivity contribution is -0.0611. The van der Waals surface area contributed by atoms with Gasteiger partial charge in [-0.15, -0.1) is 16.4 Å². The summed E-state index contributed by atoms with van der Waals surface area (Å²) >= 11 is 1.35. The predicted molar refractivity (Wildman–Crippen MR) is 140 cm³/mol. The average Bonchev–Trinajstić information content (AvgIpc) is 3.56. The molecule has 0 unspecified atom stereocenters. The average molecular weight is 485 g/mol. The van der Waals surface area contributed by atoms with Gasteiger partial charge in [0, 0.05) is 29.5 Å². The number of amides is 1. The van der Waals surface area contributed by atoms with E-state index in [4.69, 9.17) is 49.1 Å². The van der Waals surface area contributed by atoms with Crippen LogP contribution >= 0.6 is 11.3 Å². The number of hydrogen-bond donors (Lipinski definition) is 2. The fourth-order valence-corrected chi connectivity index (χ4v) is 4.44. The molecule has 2 N–H and O–H groups in total. The number of thiazole rings is 1. The van der Waals surface area contributed by atoms with Crippen LogP contribution < -0.4 is 5.32 Å². The number of aromatic amines is 1. The zero-order valence-electron chi connectivity index (χ0n) is 19.0. The van der Waals surface area contributed by atoms with Crippen molar-refractivity contribution in [1.29, 1.82) is 0 Å². The number of ether oxygens (including phenoxy) is 1. The lowest BCUT2D eigenvalue weighted by atomic mass is 9.28. The van der Waals surface area contributed by atoms with Crippen molar-refractivity contribution in [2.75, 3.05) is 5.32 Å². The molecule has 9 nitrogen and oxygen atoms in total. The van der Waals surface area contributed by atoms with Gasteiger partial charge in [-0.3, -0.25) is 19.6 Å². The maximum absolute atomic E-state index is 13.0. The quantitative estimate of drug-likeness (QED) is 0.365. The molecule has 0 saturated heterocycles. The molecule has 4 aromatic heterocycles. The molecule has 1 aliphatic rings. The molecule has 5 rings (SSSR count). The Bertz CT molecular complexity index is 1350. The van der Waals surface area contributed by atoms with Gasteiger partial charge in [-0.2, -0.15) is 10.2 Å². The van der Waals surface area contributed by atoms with Crippen LogP contribution in [0.15, 0.2) is 48.4 Å². The van der Waals surface area contributed by atoms with Gasteiger partial charge in [0.2, 0.25) is 0 Å². The van der Waals surface area contributed by atoms with Gasteiger partial charge >= 0.3 is 0 Å². The molecule has 0 atom stereocenters. The first-order chi connectivity index (χ1) is 17.1. The highest BCUT2D eigenvalue weighted by atomic mass is 32.1. The zero-order chi connectivity index (χ0) is 25.5. The Morgan fingerprint density at radius 2 is 2.03 bits per heavy atom. The molecule has 4 aromatic rings. The van der Waals surface area contributed by atoms with E-state index < -0.39 is 10.5 Å². The summed E-state index contributed by atoms with van der Waals surface area (Å²) in [6, 6.07) is 5.43. The lowest BCUT2D eigenvalue weighted by Crippen LogP contribution is -2.52. The van der Waals surface area contributed by atoms with Gasteiger partial charge in [-0.1, -0.05) is 6.07 Å². The zero-order valence-corrected chi connectivity index (χ0v) is 19.9. The summed E-state index contributed by atoms with van der Waals surface area (Å²) in [7, 11) is 28.5. The topological polar surface area (TPSA) is 111 Å². The van der Waals surface area contributed by atoms with E-state index in [1.54, 1.807) is 40.9 Å². The van der Waals surface area contributed by atoms with Crippen molar-refractivity contribution in [2.45, 2.75) is 35.5 Å². The number of pyridine rings is 1. The second-order valence-corrected chi connectivity index (χ2v) is 9.51. The van der Waals surface area contributed by atoms with E-state index in [1.807, 2.05) is 12.1 Å². The van der Waals surface area contributed by atoms with Crippen molar-refractivity contribution < 1.29 is 9.53 Å². The van der Waals surface area contributed by atoms with Crippen molar-refractivity contribution in [3.8, 4) is 22.0 Å². The molecular weight excluding hydrogens is 468 g/mol. The summed E-state index contributed by atoms with van der Waals surface area (Å²) in [6.07, 6.45) is 7.55. The molecule has 168 valence electrons. The third kappa shape index (κ3) is 4.94. The maximum Gasteiger partial charge on any atom is 0.275 e. The molecule has 1 aliphatic carbocycles. The van der Waals surface area contributed by atoms with Crippen molar-refractivity contribution in [2.24, 2.45) is 0 Å². The summed E-state index contributed by atoms with van der Waals surface area (Å²) < 4.78 is 7.37. The minimum Gasteiger partial charge on any atom is -0.392 e. The molecule has 15 heteroatoms. The summed E-state index contributed by atoms with van der Waals surface area (Å²) in [5.74, 6) is -0.367. The number of H-pyrrole nitrogens is 1. The van der Waals surface area contributed by atoms with Crippen molar-refractivity contribution in [1.82, 2.24) is 29.9 Å². The minimum atomic E-state index is -1.90. The molecule has 4 heterocycles. The molecule has 1 amide bonds. The maximum atomic E-state index is 13.0. The van der Waals surface area contributed by atoms with Gasteiger partial charge < -0.3 is 10.1 Å². The summed E-state index contributed by atoms with van der Waals surface area (Å²) in [4.78, 5) is 21.8. The number of anilines is 1. The third-order valence-corrected chi connectivity index (χ3v) is 6.74. The predicted octanol–water partition coefficient (Wildman–Crippen LogP) is 1.33. The Morgan fingerprint density at radius 3 is 2.69 bits per heavy atom. The Balaban J connectivity index is 1.34. The standard InChI is InChI=1S/C21H16B5N7O2S/c22-20(23,24)21(25,26)35-13-5-12(6-13)33-9-15(17(32-33)14-3-1-2-4-27-14)30-18(34)16-10-36-19(31-16)11-7-28-29-8-11/h1-4,7-10,12-13H,5-6H2,(H,28,29)(H,30,34). The minimum absolute atomic E-state index is 0.0337. The largest absolute Gasteiger partial charge is 0.392 e. The van der Waals surface area contributed by atoms with E-state index in [0.29, 0.717) is 34.9 Å². The van der Waals surface area contributed by atoms with Crippen LogP contribution in [0.2, 0.25) is 5.11 Å². The lowest BCUT2D eigenvalue weighted by Gasteiger charge is -2.48. The smallest absolute Gasteiger partial charge is 0.275 e. The van der Waals surface area contributed by atoms with Gasteiger partial charge in [-0.25, -0.2) is 4.98 Å². The summed E-state index contributed by atoms with van der Waals surface area (Å²) in [5, 5.41) is 12.8. The highest BCUT2D eigenvalue weighted by Crippen LogP contribution is 2.40. The van der Waals surface area contributed by atoms with Gasteiger partial charge in [0.15, 0.2) is 0 Å². The number of carbonyl (C=O) groups excluding carboxylic acids is 1. The van der Waals surface area contributed by atoms with Crippen LogP contribution in [-0.4, -0.2) is 86.6 Å². The number of nitrogens with one attached hydrogen (secondary N) is 2. The molecule has 0 bridgehead atoms. The van der Waals surface area contributed by atoms with E-state index in [-0.39, 0.29) is 23.7 Å². The Labute approximate surface area is 218 Å². The normalized spacial score (nSPS) is 18.0. The summed E-state index contributed by atoms with van der Waals surface area (Å²) in [5.41, 5.74) is 2.72. The number of carbonyl (C=O) groups is 1. The van der Waals surface area contributed by atoms with Crippen LogP contribution in [0.5, 0.6) is 0 Å². The molecule has 1 saturated carbocycles. The van der Waals surface area contributed by atoms with Gasteiger partial charge in [0.25, 0.3) is 5.91 Å². The van der Waals surface area contributed by atoms with Crippen molar-refractivity contribution >= 4 is 62.2 Å². The Kier molecular flexibility index (Phi) is 6.46. The van der Waals surface area contributed by atoms with Crippen LogP contribution in [-0.2, 0) is 4.74 Å². The SMILES string of the molecule is [B]C([B])([B])C([B])([B])OC1CC(n2cc(NC(=O)c3csc(-c4cn[nH]c4)n3)c(-c3ccccn3)n2)C1. The Morgan fingerprint density at radius 1 is 1.22 bits per heavy atom. The third-order valence-electron chi connectivity index (χ3n) is 5.85. The van der Waals surface area contributed by atoms with Crippen LogP contribution in [0.4, 0.5) is 5.69 Å². The molecule has 0 aliphatic heterocycles. The first-order valence-corrected chi connectivity index (χ1v) is 11.9. The van der Waals surface area contributed by atoms with Gasteiger partial charge in [0.05, 0.1) is 69.0 Å². The van der Waals surface area contributed by atoms with E-state index >= 15 is 0 Å². The van der Waals surface area contributed by atoms with E-state index in [1.165, 1.54) is 11.3 Å². The first-order valence-electron chi connectivity index (χ1n) is 11.0. The Hall–Kier alpha value is -3.05.